The molecule has 2 aliphatic heterocycles. The SMILES string of the molecule is COc1ccc(OC)c([C@@H]2C(C(=O)c3cccs3)=C(O)C(=O)N2CCN2CCOCC2)c1. The molecule has 1 aromatic heterocycles. The Balaban J connectivity index is 1.74. The van der Waals surface area contributed by atoms with Crippen molar-refractivity contribution in [2.24, 2.45) is 0 Å². The summed E-state index contributed by atoms with van der Waals surface area (Å²) in [4.78, 5) is 30.7. The van der Waals surface area contributed by atoms with E-state index in [1.54, 1.807) is 47.7 Å². The predicted octanol–water partition coefficient (Wildman–Crippen LogP) is 2.68. The van der Waals surface area contributed by atoms with E-state index in [-0.39, 0.29) is 11.4 Å². The molecule has 1 N–H and O–H groups in total. The standard InChI is InChI=1S/C23H26N2O6S/c1-29-15-5-6-17(30-2)16(14-15)20-19(21(26)18-4-3-13-32-18)22(27)23(28)25(20)8-7-24-9-11-31-12-10-24/h3-6,13-14,20,27H,7-12H2,1-2H3/t20-/m1/s1. The van der Waals surface area contributed by atoms with Crippen molar-refractivity contribution in [3.8, 4) is 11.5 Å². The second-order valence-corrected chi connectivity index (χ2v) is 8.48. The number of thiophene rings is 1. The van der Waals surface area contributed by atoms with Crippen molar-refractivity contribution in [1.82, 2.24) is 9.80 Å². The van der Waals surface area contributed by atoms with E-state index >= 15 is 0 Å². The van der Waals surface area contributed by atoms with Crippen molar-refractivity contribution < 1.29 is 28.9 Å². The summed E-state index contributed by atoms with van der Waals surface area (Å²) in [5.41, 5.74) is 0.650. The monoisotopic (exact) mass is 458 g/mol. The predicted molar refractivity (Wildman–Crippen MR) is 120 cm³/mol. The molecule has 0 saturated carbocycles. The van der Waals surface area contributed by atoms with Crippen LogP contribution in [0.1, 0.15) is 21.3 Å². The van der Waals surface area contributed by atoms with Crippen LogP contribution in [0, 0.1) is 0 Å². The van der Waals surface area contributed by atoms with Crippen LogP contribution in [0.3, 0.4) is 0 Å². The van der Waals surface area contributed by atoms with Gasteiger partial charge in [0.15, 0.2) is 5.76 Å². The van der Waals surface area contributed by atoms with E-state index < -0.39 is 17.7 Å². The van der Waals surface area contributed by atoms with Crippen LogP contribution in [-0.2, 0) is 9.53 Å². The third-order valence-corrected chi connectivity index (χ3v) is 6.65. The van der Waals surface area contributed by atoms with Gasteiger partial charge in [-0.1, -0.05) is 6.07 Å². The lowest BCUT2D eigenvalue weighted by Crippen LogP contribution is -2.43. The second-order valence-electron chi connectivity index (χ2n) is 7.53. The van der Waals surface area contributed by atoms with Crippen LogP contribution in [0.4, 0.5) is 0 Å². The number of carbonyl (C=O) groups is 2. The first-order chi connectivity index (χ1) is 15.5. The van der Waals surface area contributed by atoms with Gasteiger partial charge in [0.05, 0.1) is 43.9 Å². The molecule has 0 aliphatic carbocycles. The highest BCUT2D eigenvalue weighted by Gasteiger charge is 2.45. The highest BCUT2D eigenvalue weighted by atomic mass is 32.1. The third-order valence-electron chi connectivity index (χ3n) is 5.79. The molecule has 32 heavy (non-hydrogen) atoms. The zero-order valence-corrected chi connectivity index (χ0v) is 18.9. The second kappa shape index (κ2) is 9.72. The Morgan fingerprint density at radius 3 is 2.62 bits per heavy atom. The van der Waals surface area contributed by atoms with Gasteiger partial charge in [0.25, 0.3) is 5.91 Å². The van der Waals surface area contributed by atoms with Crippen molar-refractivity contribution in [3.63, 3.8) is 0 Å². The van der Waals surface area contributed by atoms with Crippen LogP contribution in [-0.4, -0.2) is 80.2 Å². The number of ether oxygens (including phenoxy) is 3. The van der Waals surface area contributed by atoms with Gasteiger partial charge in [-0.3, -0.25) is 14.5 Å². The first-order valence-corrected chi connectivity index (χ1v) is 11.3. The highest BCUT2D eigenvalue weighted by molar-refractivity contribution is 7.12. The van der Waals surface area contributed by atoms with Gasteiger partial charge in [0.1, 0.15) is 11.5 Å². The largest absolute Gasteiger partial charge is 0.503 e. The molecule has 0 unspecified atom stereocenters. The molecule has 4 rings (SSSR count). The Kier molecular flexibility index (Phi) is 6.78. The molecule has 1 atom stereocenters. The summed E-state index contributed by atoms with van der Waals surface area (Å²) in [5, 5.41) is 12.6. The van der Waals surface area contributed by atoms with E-state index in [9.17, 15) is 14.7 Å². The van der Waals surface area contributed by atoms with E-state index in [1.165, 1.54) is 18.4 Å². The Labute approximate surface area is 190 Å². The number of nitrogens with zero attached hydrogens (tertiary/aromatic N) is 2. The summed E-state index contributed by atoms with van der Waals surface area (Å²) >= 11 is 1.27. The minimum Gasteiger partial charge on any atom is -0.503 e. The number of amides is 1. The first kappa shape index (κ1) is 22.3. The van der Waals surface area contributed by atoms with Crippen LogP contribution in [0.2, 0.25) is 0 Å². The number of carbonyl (C=O) groups excluding carboxylic acids is 2. The third kappa shape index (κ3) is 4.23. The number of ketones is 1. The lowest BCUT2D eigenvalue weighted by Gasteiger charge is -2.32. The smallest absolute Gasteiger partial charge is 0.290 e. The number of methoxy groups -OCH3 is 2. The number of aliphatic hydroxyl groups excluding tert-OH is 1. The molecule has 1 aromatic carbocycles. The molecule has 3 heterocycles. The highest BCUT2D eigenvalue weighted by Crippen LogP contribution is 2.43. The maximum absolute atomic E-state index is 13.4. The maximum atomic E-state index is 13.4. The van der Waals surface area contributed by atoms with Crippen molar-refractivity contribution in [1.29, 1.82) is 0 Å². The number of Topliss-reactive ketones (excluding diaryl/α,β-unsaturated/α-hetero) is 1. The average molecular weight is 459 g/mol. The van der Waals surface area contributed by atoms with Gasteiger partial charge in [-0.2, -0.15) is 0 Å². The average Bonchev–Trinajstić information content (AvgIpc) is 3.45. The quantitative estimate of drug-likeness (QED) is 0.609. The van der Waals surface area contributed by atoms with Crippen molar-refractivity contribution in [2.45, 2.75) is 6.04 Å². The fraction of sp³-hybridized carbons (Fsp3) is 0.391. The molecule has 0 bridgehead atoms. The number of morpholine rings is 1. The Hall–Kier alpha value is -2.88. The number of benzene rings is 1. The minimum atomic E-state index is -0.789. The van der Waals surface area contributed by atoms with Gasteiger partial charge in [0.2, 0.25) is 5.78 Å². The molecule has 2 aliphatic rings. The Morgan fingerprint density at radius 1 is 1.19 bits per heavy atom. The molecule has 2 aromatic rings. The van der Waals surface area contributed by atoms with Crippen molar-refractivity contribution in [3.05, 3.63) is 57.5 Å². The van der Waals surface area contributed by atoms with Crippen LogP contribution in [0.25, 0.3) is 0 Å². The summed E-state index contributed by atoms with van der Waals surface area (Å²) in [5.74, 6) is -0.371. The van der Waals surface area contributed by atoms with Crippen LogP contribution >= 0.6 is 11.3 Å². The molecule has 1 saturated heterocycles. The van der Waals surface area contributed by atoms with E-state index in [2.05, 4.69) is 4.90 Å². The number of rotatable bonds is 8. The molecule has 1 amide bonds. The fourth-order valence-electron chi connectivity index (χ4n) is 4.11. The van der Waals surface area contributed by atoms with Gasteiger partial charge < -0.3 is 24.2 Å². The molecule has 0 radical (unpaired) electrons. The molecular weight excluding hydrogens is 432 g/mol. The number of aliphatic hydroxyl groups is 1. The summed E-state index contributed by atoms with van der Waals surface area (Å²) in [6.07, 6.45) is 0. The minimum absolute atomic E-state index is 0.0611. The zero-order chi connectivity index (χ0) is 22.7. The van der Waals surface area contributed by atoms with Gasteiger partial charge in [-0.15, -0.1) is 11.3 Å². The molecule has 1 fully saturated rings. The van der Waals surface area contributed by atoms with E-state index in [4.69, 9.17) is 14.2 Å². The number of hydrogen-bond acceptors (Lipinski definition) is 8. The van der Waals surface area contributed by atoms with Gasteiger partial charge in [-0.05, 0) is 29.6 Å². The lowest BCUT2D eigenvalue weighted by atomic mass is 9.94. The molecule has 170 valence electrons. The fourth-order valence-corrected chi connectivity index (χ4v) is 4.78. The summed E-state index contributed by atoms with van der Waals surface area (Å²) in [6, 6.07) is 7.91. The number of hydrogen-bond donors (Lipinski definition) is 1. The van der Waals surface area contributed by atoms with E-state index in [0.29, 0.717) is 48.2 Å². The normalized spacial score (nSPS) is 19.5. The van der Waals surface area contributed by atoms with Gasteiger partial charge in [-0.25, -0.2) is 0 Å². The van der Waals surface area contributed by atoms with Crippen LogP contribution in [0.5, 0.6) is 11.5 Å². The molecule has 9 heteroatoms. The summed E-state index contributed by atoms with van der Waals surface area (Å²) in [6.45, 7) is 3.78. The topological polar surface area (TPSA) is 88.5 Å². The lowest BCUT2D eigenvalue weighted by molar-refractivity contribution is -0.129. The first-order valence-electron chi connectivity index (χ1n) is 10.4. The molecular formula is C23H26N2O6S. The van der Waals surface area contributed by atoms with Crippen molar-refractivity contribution >= 4 is 23.0 Å². The van der Waals surface area contributed by atoms with Crippen molar-refractivity contribution in [2.75, 3.05) is 53.6 Å². The van der Waals surface area contributed by atoms with E-state index in [1.807, 2.05) is 0 Å². The van der Waals surface area contributed by atoms with Crippen LogP contribution < -0.4 is 9.47 Å². The maximum Gasteiger partial charge on any atom is 0.290 e. The summed E-state index contributed by atoms with van der Waals surface area (Å²) < 4.78 is 16.3. The Bertz CT molecular complexity index is 1010. The van der Waals surface area contributed by atoms with E-state index in [0.717, 1.165) is 13.1 Å². The summed E-state index contributed by atoms with van der Waals surface area (Å²) in [7, 11) is 3.08. The van der Waals surface area contributed by atoms with Crippen LogP contribution in [0.15, 0.2) is 47.0 Å². The van der Waals surface area contributed by atoms with Gasteiger partial charge >= 0.3 is 0 Å². The molecule has 8 nitrogen and oxygen atoms in total. The Morgan fingerprint density at radius 2 is 1.97 bits per heavy atom. The van der Waals surface area contributed by atoms with Gasteiger partial charge in [0, 0.05) is 31.7 Å². The zero-order valence-electron chi connectivity index (χ0n) is 18.1. The molecule has 0 spiro atoms.